The smallest absolute Gasteiger partial charge is 0.410 e. The minimum absolute atomic E-state index is 0.0374. The topological polar surface area (TPSA) is 58.6 Å². The highest BCUT2D eigenvalue weighted by Gasteiger charge is 2.36. The predicted molar refractivity (Wildman–Crippen MR) is 86.0 cm³/mol. The zero-order chi connectivity index (χ0) is 17.2. The zero-order valence-electron chi connectivity index (χ0n) is 13.4. The van der Waals surface area contributed by atoms with Gasteiger partial charge in [-0.1, -0.05) is 11.6 Å². The number of ether oxygens (including phenoxy) is 1. The number of anilines is 1. The Bertz CT molecular complexity index is 616. The van der Waals surface area contributed by atoms with E-state index in [9.17, 15) is 14.0 Å². The molecule has 1 atom stereocenters. The molecule has 0 spiro atoms. The second kappa shape index (κ2) is 6.74. The van der Waals surface area contributed by atoms with Crippen molar-refractivity contribution in [3.8, 4) is 0 Å². The summed E-state index contributed by atoms with van der Waals surface area (Å²) in [6.07, 6.45) is 0.674. The number of carbonyl (C=O) groups excluding carboxylic acids is 2. The SMILES string of the molecule is CC(C)(C)OC(=O)N1CCC[C@H]1C(=O)Nc1ccc(Cl)cc1F. The van der Waals surface area contributed by atoms with Gasteiger partial charge in [-0.2, -0.15) is 0 Å². The summed E-state index contributed by atoms with van der Waals surface area (Å²) in [6, 6.07) is 3.33. The molecular weight excluding hydrogens is 323 g/mol. The van der Waals surface area contributed by atoms with Crippen LogP contribution in [-0.2, 0) is 9.53 Å². The van der Waals surface area contributed by atoms with E-state index in [1.54, 1.807) is 20.8 Å². The summed E-state index contributed by atoms with van der Waals surface area (Å²) < 4.78 is 19.1. The standard InChI is InChI=1S/C16H20ClFN2O3/c1-16(2,3)23-15(22)20-8-4-5-13(20)14(21)19-12-7-6-10(17)9-11(12)18/h6-7,9,13H,4-5,8H2,1-3H3,(H,19,21)/t13-/m0/s1. The largest absolute Gasteiger partial charge is 0.444 e. The highest BCUT2D eigenvalue weighted by Crippen LogP contribution is 2.24. The average Bonchev–Trinajstić information content (AvgIpc) is 2.89. The van der Waals surface area contributed by atoms with Gasteiger partial charge in [-0.15, -0.1) is 0 Å². The fourth-order valence-corrected chi connectivity index (χ4v) is 2.54. The van der Waals surface area contributed by atoms with Crippen LogP contribution >= 0.6 is 11.6 Å². The summed E-state index contributed by atoms with van der Waals surface area (Å²) in [5.74, 6) is -1.05. The molecular formula is C16H20ClFN2O3. The molecule has 1 aliphatic heterocycles. The van der Waals surface area contributed by atoms with Crippen molar-refractivity contribution >= 4 is 29.3 Å². The van der Waals surface area contributed by atoms with Crippen molar-refractivity contribution in [2.24, 2.45) is 0 Å². The average molecular weight is 343 g/mol. The Morgan fingerprint density at radius 1 is 1.39 bits per heavy atom. The van der Waals surface area contributed by atoms with E-state index < -0.39 is 29.5 Å². The molecule has 1 saturated heterocycles. The van der Waals surface area contributed by atoms with Gasteiger partial charge in [0, 0.05) is 11.6 Å². The summed E-state index contributed by atoms with van der Waals surface area (Å²) in [5, 5.41) is 2.75. The molecule has 0 unspecified atom stereocenters. The second-order valence-electron chi connectivity index (χ2n) is 6.45. The van der Waals surface area contributed by atoms with E-state index in [1.165, 1.54) is 17.0 Å². The molecule has 1 fully saturated rings. The highest BCUT2D eigenvalue weighted by atomic mass is 35.5. The van der Waals surface area contributed by atoms with Crippen LogP contribution in [0.3, 0.4) is 0 Å². The molecule has 0 aromatic heterocycles. The lowest BCUT2D eigenvalue weighted by atomic mass is 10.2. The molecule has 0 saturated carbocycles. The lowest BCUT2D eigenvalue weighted by Gasteiger charge is -2.28. The number of nitrogens with one attached hydrogen (secondary N) is 1. The van der Waals surface area contributed by atoms with Crippen molar-refractivity contribution in [2.75, 3.05) is 11.9 Å². The van der Waals surface area contributed by atoms with Gasteiger partial charge in [-0.3, -0.25) is 9.69 Å². The Kier molecular flexibility index (Phi) is 5.14. The summed E-state index contributed by atoms with van der Waals surface area (Å²) in [6.45, 7) is 5.73. The number of hydrogen-bond acceptors (Lipinski definition) is 3. The summed E-state index contributed by atoms with van der Waals surface area (Å²) in [5.41, 5.74) is -0.598. The van der Waals surface area contributed by atoms with Gasteiger partial charge in [0.25, 0.3) is 0 Å². The van der Waals surface area contributed by atoms with Crippen molar-refractivity contribution in [1.29, 1.82) is 0 Å². The van der Waals surface area contributed by atoms with Gasteiger partial charge < -0.3 is 10.1 Å². The van der Waals surface area contributed by atoms with E-state index in [4.69, 9.17) is 16.3 Å². The Balaban J connectivity index is 2.07. The van der Waals surface area contributed by atoms with Crippen LogP contribution in [0.5, 0.6) is 0 Å². The molecule has 1 aromatic rings. The number of nitrogens with zero attached hydrogens (tertiary/aromatic N) is 1. The van der Waals surface area contributed by atoms with E-state index in [-0.39, 0.29) is 10.7 Å². The van der Waals surface area contributed by atoms with Crippen LogP contribution in [0.25, 0.3) is 0 Å². The van der Waals surface area contributed by atoms with E-state index in [2.05, 4.69) is 5.32 Å². The molecule has 2 rings (SSSR count). The van der Waals surface area contributed by atoms with E-state index >= 15 is 0 Å². The minimum atomic E-state index is -0.667. The Labute approximate surface area is 139 Å². The maximum absolute atomic E-state index is 13.8. The molecule has 1 aromatic carbocycles. The first-order chi connectivity index (χ1) is 10.7. The summed E-state index contributed by atoms with van der Waals surface area (Å²) in [7, 11) is 0. The molecule has 126 valence electrons. The van der Waals surface area contributed by atoms with Crippen LogP contribution in [0.2, 0.25) is 5.02 Å². The number of halogens is 2. The lowest BCUT2D eigenvalue weighted by molar-refractivity contribution is -0.120. The number of rotatable bonds is 2. The van der Waals surface area contributed by atoms with E-state index in [0.717, 1.165) is 6.07 Å². The number of hydrogen-bond donors (Lipinski definition) is 1. The van der Waals surface area contributed by atoms with Crippen molar-refractivity contribution in [3.63, 3.8) is 0 Å². The van der Waals surface area contributed by atoms with Crippen LogP contribution in [-0.4, -0.2) is 35.1 Å². The van der Waals surface area contributed by atoms with Crippen molar-refractivity contribution in [2.45, 2.75) is 45.3 Å². The quantitative estimate of drug-likeness (QED) is 0.889. The molecule has 1 heterocycles. The summed E-state index contributed by atoms with van der Waals surface area (Å²) >= 11 is 5.68. The number of amides is 2. The van der Waals surface area contributed by atoms with Crippen LogP contribution in [0.15, 0.2) is 18.2 Å². The van der Waals surface area contributed by atoms with Gasteiger partial charge >= 0.3 is 6.09 Å². The van der Waals surface area contributed by atoms with E-state index in [0.29, 0.717) is 19.4 Å². The summed E-state index contributed by atoms with van der Waals surface area (Å²) in [4.78, 5) is 25.9. The maximum Gasteiger partial charge on any atom is 0.410 e. The van der Waals surface area contributed by atoms with Crippen molar-refractivity contribution in [1.82, 2.24) is 4.90 Å². The lowest BCUT2D eigenvalue weighted by Crippen LogP contribution is -2.45. The predicted octanol–water partition coefficient (Wildman–Crippen LogP) is 3.82. The fourth-order valence-electron chi connectivity index (χ4n) is 2.39. The first-order valence-corrected chi connectivity index (χ1v) is 7.81. The van der Waals surface area contributed by atoms with Gasteiger partial charge in [0.2, 0.25) is 5.91 Å². The first kappa shape index (κ1) is 17.5. The van der Waals surface area contributed by atoms with Crippen LogP contribution in [0.1, 0.15) is 33.6 Å². The second-order valence-corrected chi connectivity index (χ2v) is 6.88. The molecule has 0 aliphatic carbocycles. The van der Waals surface area contributed by atoms with Crippen LogP contribution in [0, 0.1) is 5.82 Å². The van der Waals surface area contributed by atoms with Gasteiger partial charge in [-0.05, 0) is 51.8 Å². The Hall–Kier alpha value is -1.82. The highest BCUT2D eigenvalue weighted by molar-refractivity contribution is 6.30. The van der Waals surface area contributed by atoms with Crippen LogP contribution in [0.4, 0.5) is 14.9 Å². The number of carbonyl (C=O) groups is 2. The molecule has 0 radical (unpaired) electrons. The fraction of sp³-hybridized carbons (Fsp3) is 0.500. The minimum Gasteiger partial charge on any atom is -0.444 e. The molecule has 0 bridgehead atoms. The molecule has 5 nitrogen and oxygen atoms in total. The third kappa shape index (κ3) is 4.58. The van der Waals surface area contributed by atoms with Crippen molar-refractivity contribution in [3.05, 3.63) is 29.0 Å². The number of likely N-dealkylation sites (tertiary alicyclic amines) is 1. The zero-order valence-corrected chi connectivity index (χ0v) is 14.1. The van der Waals surface area contributed by atoms with Gasteiger partial charge in [0.1, 0.15) is 17.5 Å². The third-order valence-electron chi connectivity index (χ3n) is 3.37. The molecule has 7 heteroatoms. The van der Waals surface area contributed by atoms with Crippen LogP contribution < -0.4 is 5.32 Å². The molecule has 1 aliphatic rings. The van der Waals surface area contributed by atoms with Gasteiger partial charge in [-0.25, -0.2) is 9.18 Å². The monoisotopic (exact) mass is 342 g/mol. The number of benzene rings is 1. The van der Waals surface area contributed by atoms with E-state index in [1.807, 2.05) is 0 Å². The van der Waals surface area contributed by atoms with Gasteiger partial charge in [0.05, 0.1) is 5.69 Å². The first-order valence-electron chi connectivity index (χ1n) is 7.43. The normalized spacial score (nSPS) is 18.0. The third-order valence-corrected chi connectivity index (χ3v) is 3.61. The Morgan fingerprint density at radius 3 is 2.70 bits per heavy atom. The Morgan fingerprint density at radius 2 is 2.09 bits per heavy atom. The molecule has 23 heavy (non-hydrogen) atoms. The van der Waals surface area contributed by atoms with Gasteiger partial charge in [0.15, 0.2) is 0 Å². The molecule has 1 N–H and O–H groups in total. The molecule has 2 amide bonds. The van der Waals surface area contributed by atoms with Crippen molar-refractivity contribution < 1.29 is 18.7 Å². The maximum atomic E-state index is 13.8.